The molecule has 0 bridgehead atoms. The lowest BCUT2D eigenvalue weighted by molar-refractivity contribution is 0.102. The number of anilines is 2. The molecule has 0 radical (unpaired) electrons. The summed E-state index contributed by atoms with van der Waals surface area (Å²) in [6.45, 7) is 0.934. The summed E-state index contributed by atoms with van der Waals surface area (Å²) in [6, 6.07) is 11.2. The van der Waals surface area contributed by atoms with E-state index in [1.54, 1.807) is 13.2 Å². The van der Waals surface area contributed by atoms with Crippen LogP contribution < -0.4 is 15.4 Å². The van der Waals surface area contributed by atoms with E-state index < -0.39 is 0 Å². The molecule has 2 aromatic rings. The molecule has 0 fully saturated rings. The molecule has 108 valence electrons. The molecular weight excluding hydrogens is 332 g/mol. The van der Waals surface area contributed by atoms with Crippen molar-refractivity contribution in [2.45, 2.75) is 6.42 Å². The Bertz CT molecular complexity index is 701. The third kappa shape index (κ3) is 3.03. The Labute approximate surface area is 131 Å². The normalized spacial score (nSPS) is 12.5. The third-order valence-corrected chi connectivity index (χ3v) is 3.90. The highest BCUT2D eigenvalue weighted by atomic mass is 79.9. The van der Waals surface area contributed by atoms with Crippen LogP contribution in [0, 0.1) is 0 Å². The minimum Gasteiger partial charge on any atom is -0.497 e. The highest BCUT2D eigenvalue weighted by Gasteiger charge is 2.14. The van der Waals surface area contributed by atoms with Crippen molar-refractivity contribution in [3.63, 3.8) is 0 Å². The lowest BCUT2D eigenvalue weighted by atomic mass is 10.1. The van der Waals surface area contributed by atoms with Gasteiger partial charge >= 0.3 is 0 Å². The highest BCUT2D eigenvalue weighted by Crippen LogP contribution is 2.26. The number of nitrogens with one attached hydrogen (secondary N) is 2. The molecular formula is C16H15BrN2O2. The molecule has 0 aliphatic carbocycles. The molecule has 1 aliphatic heterocycles. The first-order chi connectivity index (χ1) is 10.2. The highest BCUT2D eigenvalue weighted by molar-refractivity contribution is 9.10. The summed E-state index contributed by atoms with van der Waals surface area (Å²) in [4.78, 5) is 12.3. The summed E-state index contributed by atoms with van der Waals surface area (Å²) in [5, 5.41) is 6.17. The SMILES string of the molecule is COc1cc(Br)cc(NC(=O)c2ccc3c(c2)NCC3)c1. The predicted molar refractivity (Wildman–Crippen MR) is 87.3 cm³/mol. The average Bonchev–Trinajstić information content (AvgIpc) is 2.93. The second kappa shape index (κ2) is 5.77. The monoisotopic (exact) mass is 346 g/mol. The summed E-state index contributed by atoms with van der Waals surface area (Å²) >= 11 is 3.40. The number of methoxy groups -OCH3 is 1. The Hall–Kier alpha value is -2.01. The van der Waals surface area contributed by atoms with Crippen molar-refractivity contribution in [1.82, 2.24) is 0 Å². The number of carbonyl (C=O) groups excluding carboxylic acids is 1. The maximum atomic E-state index is 12.3. The lowest BCUT2D eigenvalue weighted by Gasteiger charge is -2.09. The Morgan fingerprint density at radius 1 is 1.29 bits per heavy atom. The van der Waals surface area contributed by atoms with Crippen molar-refractivity contribution in [2.24, 2.45) is 0 Å². The summed E-state index contributed by atoms with van der Waals surface area (Å²) in [7, 11) is 1.60. The van der Waals surface area contributed by atoms with Crippen molar-refractivity contribution < 1.29 is 9.53 Å². The fourth-order valence-corrected chi connectivity index (χ4v) is 2.86. The fourth-order valence-electron chi connectivity index (χ4n) is 2.39. The molecule has 0 atom stereocenters. The standard InChI is InChI=1S/C16H15BrN2O2/c1-21-14-8-12(17)7-13(9-14)19-16(20)11-3-2-10-4-5-18-15(10)6-11/h2-3,6-9,18H,4-5H2,1H3,(H,19,20). The van der Waals surface area contributed by atoms with Crippen molar-refractivity contribution in [2.75, 3.05) is 24.3 Å². The van der Waals surface area contributed by atoms with Gasteiger partial charge in [-0.2, -0.15) is 0 Å². The molecule has 21 heavy (non-hydrogen) atoms. The molecule has 2 aromatic carbocycles. The molecule has 0 aromatic heterocycles. The van der Waals surface area contributed by atoms with E-state index in [1.807, 2.05) is 30.3 Å². The maximum Gasteiger partial charge on any atom is 0.255 e. The van der Waals surface area contributed by atoms with Crippen LogP contribution in [0.5, 0.6) is 5.75 Å². The van der Waals surface area contributed by atoms with Gasteiger partial charge in [0.05, 0.1) is 7.11 Å². The quantitative estimate of drug-likeness (QED) is 0.891. The first kappa shape index (κ1) is 13.9. The van der Waals surface area contributed by atoms with Crippen LogP contribution in [-0.4, -0.2) is 19.6 Å². The number of fused-ring (bicyclic) bond motifs is 1. The van der Waals surface area contributed by atoms with E-state index in [1.165, 1.54) is 5.56 Å². The van der Waals surface area contributed by atoms with Crippen LogP contribution in [0.1, 0.15) is 15.9 Å². The van der Waals surface area contributed by atoms with Crippen molar-refractivity contribution in [3.8, 4) is 5.75 Å². The van der Waals surface area contributed by atoms with Gasteiger partial charge in [-0.3, -0.25) is 4.79 Å². The van der Waals surface area contributed by atoms with Gasteiger partial charge in [-0.05, 0) is 36.2 Å². The van der Waals surface area contributed by atoms with Crippen LogP contribution in [-0.2, 0) is 6.42 Å². The van der Waals surface area contributed by atoms with Gasteiger partial charge in [-0.25, -0.2) is 0 Å². The van der Waals surface area contributed by atoms with Crippen molar-refractivity contribution in [1.29, 1.82) is 0 Å². The topological polar surface area (TPSA) is 50.4 Å². The lowest BCUT2D eigenvalue weighted by Crippen LogP contribution is -2.12. The summed E-state index contributed by atoms with van der Waals surface area (Å²) in [5.74, 6) is 0.557. The van der Waals surface area contributed by atoms with Gasteiger partial charge in [0.1, 0.15) is 5.75 Å². The largest absolute Gasteiger partial charge is 0.497 e. The van der Waals surface area contributed by atoms with Crippen LogP contribution in [0.4, 0.5) is 11.4 Å². The van der Waals surface area contributed by atoms with E-state index in [9.17, 15) is 4.79 Å². The second-order valence-corrected chi connectivity index (χ2v) is 5.80. The van der Waals surface area contributed by atoms with Crippen LogP contribution in [0.15, 0.2) is 40.9 Å². The minimum atomic E-state index is -0.133. The molecule has 3 rings (SSSR count). The Balaban J connectivity index is 1.81. The molecule has 0 saturated carbocycles. The van der Waals surface area contributed by atoms with Gasteiger partial charge in [-0.15, -0.1) is 0 Å². The first-order valence-corrected chi connectivity index (χ1v) is 7.48. The number of hydrogen-bond donors (Lipinski definition) is 2. The number of amides is 1. The van der Waals surface area contributed by atoms with Crippen LogP contribution in [0.25, 0.3) is 0 Å². The number of carbonyl (C=O) groups is 1. The zero-order valence-electron chi connectivity index (χ0n) is 11.6. The van der Waals surface area contributed by atoms with E-state index in [-0.39, 0.29) is 5.91 Å². The van der Waals surface area contributed by atoms with Crippen LogP contribution in [0.3, 0.4) is 0 Å². The number of hydrogen-bond acceptors (Lipinski definition) is 3. The third-order valence-electron chi connectivity index (χ3n) is 3.45. The van der Waals surface area contributed by atoms with Gasteiger partial charge < -0.3 is 15.4 Å². The minimum absolute atomic E-state index is 0.133. The molecule has 4 nitrogen and oxygen atoms in total. The molecule has 5 heteroatoms. The smallest absolute Gasteiger partial charge is 0.255 e. The summed E-state index contributed by atoms with van der Waals surface area (Å²) in [5.41, 5.74) is 3.65. The van der Waals surface area contributed by atoms with Gasteiger partial charge in [0.2, 0.25) is 0 Å². The second-order valence-electron chi connectivity index (χ2n) is 4.88. The zero-order valence-corrected chi connectivity index (χ0v) is 13.2. The van der Waals surface area contributed by atoms with E-state index in [2.05, 4.69) is 26.6 Å². The number of ether oxygens (including phenoxy) is 1. The van der Waals surface area contributed by atoms with E-state index in [0.29, 0.717) is 17.0 Å². The molecule has 0 saturated heterocycles. The number of benzene rings is 2. The maximum absolute atomic E-state index is 12.3. The molecule has 1 heterocycles. The number of rotatable bonds is 3. The van der Waals surface area contributed by atoms with E-state index in [0.717, 1.165) is 23.1 Å². The number of halogens is 1. The fraction of sp³-hybridized carbons (Fsp3) is 0.188. The van der Waals surface area contributed by atoms with Crippen LogP contribution in [0.2, 0.25) is 0 Å². The van der Waals surface area contributed by atoms with Gasteiger partial charge in [-0.1, -0.05) is 22.0 Å². The van der Waals surface area contributed by atoms with Crippen LogP contribution >= 0.6 is 15.9 Å². The Kier molecular flexibility index (Phi) is 3.84. The Morgan fingerprint density at radius 2 is 2.14 bits per heavy atom. The molecule has 1 aliphatic rings. The molecule has 2 N–H and O–H groups in total. The molecule has 0 unspecified atom stereocenters. The first-order valence-electron chi connectivity index (χ1n) is 6.68. The zero-order chi connectivity index (χ0) is 14.8. The van der Waals surface area contributed by atoms with Gasteiger partial charge in [0, 0.05) is 34.0 Å². The molecule has 0 spiro atoms. The van der Waals surface area contributed by atoms with Gasteiger partial charge in [0.25, 0.3) is 5.91 Å². The van der Waals surface area contributed by atoms with Gasteiger partial charge in [0.15, 0.2) is 0 Å². The summed E-state index contributed by atoms with van der Waals surface area (Å²) < 4.78 is 6.05. The average molecular weight is 347 g/mol. The molecule has 1 amide bonds. The van der Waals surface area contributed by atoms with E-state index in [4.69, 9.17) is 4.74 Å². The predicted octanol–water partition coefficient (Wildman–Crippen LogP) is 3.68. The van der Waals surface area contributed by atoms with Crippen molar-refractivity contribution >= 4 is 33.2 Å². The summed E-state index contributed by atoms with van der Waals surface area (Å²) in [6.07, 6.45) is 1.01. The van der Waals surface area contributed by atoms with Crippen molar-refractivity contribution in [3.05, 3.63) is 52.0 Å². The van der Waals surface area contributed by atoms with E-state index >= 15 is 0 Å². The Morgan fingerprint density at radius 3 is 2.95 bits per heavy atom.